The van der Waals surface area contributed by atoms with E-state index < -0.39 is 12.8 Å². The van der Waals surface area contributed by atoms with Crippen molar-refractivity contribution in [3.05, 3.63) is 46.2 Å². The molecule has 1 aromatic rings. The van der Waals surface area contributed by atoms with Gasteiger partial charge in [0.1, 0.15) is 25.2 Å². The second-order valence-electron chi connectivity index (χ2n) is 4.19. The zero-order chi connectivity index (χ0) is 13.7. The van der Waals surface area contributed by atoms with Crippen LogP contribution in [0.1, 0.15) is 12.1 Å². The maximum atomic E-state index is 13.9. The maximum Gasteiger partial charge on any atom is 0.141 e. The van der Waals surface area contributed by atoms with E-state index in [4.69, 9.17) is 4.74 Å². The first-order chi connectivity index (χ1) is 9.20. The third-order valence-corrected chi connectivity index (χ3v) is 3.40. The quantitative estimate of drug-likeness (QED) is 0.816. The number of aromatic nitrogens is 1. The zero-order valence-electron chi connectivity index (χ0n) is 10.3. The molecule has 0 aromatic carbocycles. The highest BCUT2D eigenvalue weighted by Crippen LogP contribution is 2.29. The third-order valence-electron chi connectivity index (χ3n) is 2.81. The Morgan fingerprint density at radius 3 is 3.00 bits per heavy atom. The van der Waals surface area contributed by atoms with Crippen molar-refractivity contribution in [2.45, 2.75) is 19.0 Å². The molecule has 2 rings (SSSR count). The Balaban J connectivity index is 2.14. The van der Waals surface area contributed by atoms with Crippen molar-refractivity contribution < 1.29 is 13.5 Å². The summed E-state index contributed by atoms with van der Waals surface area (Å²) in [5, 5.41) is 0. The van der Waals surface area contributed by atoms with Crippen molar-refractivity contribution in [3.8, 4) is 5.75 Å². The monoisotopic (exact) mass is 329 g/mol. The third kappa shape index (κ3) is 3.86. The van der Waals surface area contributed by atoms with Crippen molar-refractivity contribution >= 4 is 15.9 Å². The number of nitrogens with zero attached hydrogens (tertiary/aromatic N) is 1. The van der Waals surface area contributed by atoms with E-state index in [-0.39, 0.29) is 6.61 Å². The number of ether oxygens (including phenoxy) is 1. The molecule has 1 atom stereocenters. The summed E-state index contributed by atoms with van der Waals surface area (Å²) in [6.07, 6.45) is 4.93. The fourth-order valence-electron chi connectivity index (χ4n) is 1.87. The van der Waals surface area contributed by atoms with Crippen molar-refractivity contribution in [2.24, 2.45) is 0 Å². The molecule has 1 heterocycles. The van der Waals surface area contributed by atoms with Gasteiger partial charge in [0.05, 0.1) is 5.69 Å². The first-order valence-corrected chi connectivity index (χ1v) is 6.82. The number of alkyl halides is 2. The second kappa shape index (κ2) is 6.80. The van der Waals surface area contributed by atoms with Gasteiger partial charge >= 0.3 is 0 Å². The Kier molecular flexibility index (Phi) is 5.07. The molecule has 0 radical (unpaired) electrons. The highest BCUT2D eigenvalue weighted by Gasteiger charge is 2.19. The summed E-state index contributed by atoms with van der Waals surface area (Å²) in [7, 11) is 0. The minimum Gasteiger partial charge on any atom is -0.489 e. The van der Waals surface area contributed by atoms with Crippen molar-refractivity contribution in [1.29, 1.82) is 0 Å². The van der Waals surface area contributed by atoms with Crippen LogP contribution in [0.3, 0.4) is 0 Å². The van der Waals surface area contributed by atoms with Crippen LogP contribution in [0.5, 0.6) is 5.75 Å². The summed E-state index contributed by atoms with van der Waals surface area (Å²) in [5.74, 6) is 0.516. The highest BCUT2D eigenvalue weighted by atomic mass is 79.9. The van der Waals surface area contributed by atoms with Gasteiger partial charge in [-0.1, -0.05) is 28.1 Å². The van der Waals surface area contributed by atoms with Gasteiger partial charge in [0.25, 0.3) is 0 Å². The lowest BCUT2D eigenvalue weighted by atomic mass is 9.98. The van der Waals surface area contributed by atoms with Crippen LogP contribution in [-0.4, -0.2) is 24.4 Å². The van der Waals surface area contributed by atoms with E-state index >= 15 is 0 Å². The molecule has 0 N–H and O–H groups in total. The summed E-state index contributed by atoms with van der Waals surface area (Å²) in [6, 6.07) is 3.44. The van der Waals surface area contributed by atoms with E-state index in [1.807, 2.05) is 6.08 Å². The minimum absolute atomic E-state index is 0.0117. The van der Waals surface area contributed by atoms with Crippen LogP contribution in [0.2, 0.25) is 0 Å². The Bertz CT molecular complexity index is 502. The lowest BCUT2D eigenvalue weighted by Crippen LogP contribution is -2.12. The molecule has 1 unspecified atom stereocenters. The predicted molar refractivity (Wildman–Crippen MR) is 74.0 cm³/mol. The van der Waals surface area contributed by atoms with Crippen LogP contribution in [0.15, 0.2) is 40.5 Å². The highest BCUT2D eigenvalue weighted by molar-refractivity contribution is 9.11. The van der Waals surface area contributed by atoms with Crippen LogP contribution in [0.4, 0.5) is 8.78 Å². The molecule has 0 bridgehead atoms. The number of allylic oxidation sites excluding steroid dienone is 4. The maximum absolute atomic E-state index is 13.9. The molecule has 102 valence electrons. The minimum atomic E-state index is -1.02. The van der Waals surface area contributed by atoms with Gasteiger partial charge < -0.3 is 4.74 Å². The van der Waals surface area contributed by atoms with Crippen LogP contribution in [0, 0.1) is 0 Å². The van der Waals surface area contributed by atoms with Gasteiger partial charge in [-0.2, -0.15) is 0 Å². The van der Waals surface area contributed by atoms with E-state index in [1.54, 1.807) is 24.4 Å². The SMILES string of the molecule is FCCOc1cccnc1CC1=CC=C(Br)CC1F. The number of rotatable bonds is 5. The summed E-state index contributed by atoms with van der Waals surface area (Å²) < 4.78 is 32.2. The summed E-state index contributed by atoms with van der Waals surface area (Å²) in [6.45, 7) is -0.569. The van der Waals surface area contributed by atoms with Crippen LogP contribution in [0.25, 0.3) is 0 Å². The molecule has 0 amide bonds. The zero-order valence-corrected chi connectivity index (χ0v) is 11.9. The number of hydrogen-bond acceptors (Lipinski definition) is 2. The Labute approximate surface area is 119 Å². The van der Waals surface area contributed by atoms with E-state index in [1.165, 1.54) is 0 Å². The van der Waals surface area contributed by atoms with E-state index in [0.29, 0.717) is 29.9 Å². The van der Waals surface area contributed by atoms with Crippen LogP contribution >= 0.6 is 15.9 Å². The number of halogens is 3. The molecule has 5 heteroatoms. The lowest BCUT2D eigenvalue weighted by Gasteiger charge is -2.17. The summed E-state index contributed by atoms with van der Waals surface area (Å²) in [4.78, 5) is 4.19. The smallest absolute Gasteiger partial charge is 0.141 e. The molecule has 1 aromatic heterocycles. The molecule has 0 spiro atoms. The van der Waals surface area contributed by atoms with Crippen LogP contribution < -0.4 is 4.74 Å². The summed E-state index contributed by atoms with van der Waals surface area (Å²) >= 11 is 3.28. The lowest BCUT2D eigenvalue weighted by molar-refractivity contribution is 0.269. The normalized spacial score (nSPS) is 18.8. The van der Waals surface area contributed by atoms with Gasteiger partial charge in [-0.3, -0.25) is 4.98 Å². The van der Waals surface area contributed by atoms with E-state index in [0.717, 1.165) is 4.48 Å². The Morgan fingerprint density at radius 2 is 2.26 bits per heavy atom. The van der Waals surface area contributed by atoms with Crippen molar-refractivity contribution in [1.82, 2.24) is 4.98 Å². The van der Waals surface area contributed by atoms with Gasteiger partial charge in [0.2, 0.25) is 0 Å². The molecule has 0 aliphatic heterocycles. The van der Waals surface area contributed by atoms with Gasteiger partial charge in [0, 0.05) is 19.0 Å². The standard InChI is InChI=1S/C14H14BrF2NO/c15-11-4-3-10(12(17)9-11)8-13-14(19-7-5-16)2-1-6-18-13/h1-4,6,12H,5,7-9H2. The second-order valence-corrected chi connectivity index (χ2v) is 5.21. The molecular formula is C14H14BrF2NO. The van der Waals surface area contributed by atoms with Crippen molar-refractivity contribution in [2.75, 3.05) is 13.3 Å². The molecule has 2 nitrogen and oxygen atoms in total. The van der Waals surface area contributed by atoms with Gasteiger partial charge in [-0.25, -0.2) is 8.78 Å². The molecule has 0 fully saturated rings. The first-order valence-electron chi connectivity index (χ1n) is 6.02. The largest absolute Gasteiger partial charge is 0.489 e. The fourth-order valence-corrected chi connectivity index (χ4v) is 2.29. The van der Waals surface area contributed by atoms with E-state index in [2.05, 4.69) is 20.9 Å². The molecule has 1 aliphatic rings. The Morgan fingerprint density at radius 1 is 1.42 bits per heavy atom. The molecule has 0 saturated heterocycles. The molecule has 19 heavy (non-hydrogen) atoms. The predicted octanol–water partition coefficient (Wildman–Crippen LogP) is 3.92. The first kappa shape index (κ1) is 14.2. The van der Waals surface area contributed by atoms with Gasteiger partial charge in [0.15, 0.2) is 0 Å². The average Bonchev–Trinajstić information content (AvgIpc) is 2.41. The molecule has 1 aliphatic carbocycles. The van der Waals surface area contributed by atoms with Crippen LogP contribution in [-0.2, 0) is 6.42 Å². The van der Waals surface area contributed by atoms with Crippen molar-refractivity contribution in [3.63, 3.8) is 0 Å². The van der Waals surface area contributed by atoms with Gasteiger partial charge in [-0.15, -0.1) is 0 Å². The molecular weight excluding hydrogens is 316 g/mol. The number of pyridine rings is 1. The summed E-state index contributed by atoms with van der Waals surface area (Å²) in [5.41, 5.74) is 1.29. The Hall–Kier alpha value is -1.23. The fraction of sp³-hybridized carbons (Fsp3) is 0.357. The number of hydrogen-bond donors (Lipinski definition) is 0. The topological polar surface area (TPSA) is 22.1 Å². The average molecular weight is 330 g/mol. The molecule has 0 saturated carbocycles. The van der Waals surface area contributed by atoms with E-state index in [9.17, 15) is 8.78 Å². The van der Waals surface area contributed by atoms with Gasteiger partial charge in [-0.05, 0) is 22.2 Å².